The van der Waals surface area contributed by atoms with Crippen molar-refractivity contribution < 1.29 is 9.21 Å². The number of fused-ring (bicyclic) bond motifs is 1. The Labute approximate surface area is 76.5 Å². The first-order valence-corrected chi connectivity index (χ1v) is 4.20. The highest BCUT2D eigenvalue weighted by atomic mass is 16.3. The molecule has 2 rings (SSSR count). The maximum atomic E-state index is 10.9. The number of carbonyl (C=O) groups is 1. The summed E-state index contributed by atoms with van der Waals surface area (Å²) >= 11 is 0. The minimum atomic E-state index is 0.177. The molecule has 0 fully saturated rings. The maximum Gasteiger partial charge on any atom is 0.134 e. The molecule has 0 saturated carbocycles. The van der Waals surface area contributed by atoms with Crippen LogP contribution in [0.2, 0.25) is 0 Å². The molecule has 1 aliphatic carbocycles. The van der Waals surface area contributed by atoms with Crippen molar-refractivity contribution in [1.82, 2.24) is 0 Å². The molecule has 0 unspecified atom stereocenters. The van der Waals surface area contributed by atoms with Crippen LogP contribution in [-0.4, -0.2) is 5.78 Å². The van der Waals surface area contributed by atoms with Crippen LogP contribution in [0.3, 0.4) is 0 Å². The van der Waals surface area contributed by atoms with Gasteiger partial charge in [0.15, 0.2) is 0 Å². The van der Waals surface area contributed by atoms with Gasteiger partial charge in [-0.25, -0.2) is 0 Å². The van der Waals surface area contributed by atoms with Gasteiger partial charge in [0.05, 0.1) is 12.5 Å². The molecular weight excluding hydrogens is 164 g/mol. The summed E-state index contributed by atoms with van der Waals surface area (Å²) in [6.07, 6.45) is 3.82. The lowest BCUT2D eigenvalue weighted by Gasteiger charge is -1.99. The Morgan fingerprint density at radius 1 is 1.38 bits per heavy atom. The zero-order valence-corrected chi connectivity index (χ0v) is 7.41. The average Bonchev–Trinajstić information content (AvgIpc) is 2.48. The van der Waals surface area contributed by atoms with E-state index in [1.807, 2.05) is 18.2 Å². The topological polar surface area (TPSA) is 30.2 Å². The van der Waals surface area contributed by atoms with Crippen molar-refractivity contribution in [3.05, 3.63) is 36.3 Å². The molecule has 13 heavy (non-hydrogen) atoms. The van der Waals surface area contributed by atoms with Crippen LogP contribution in [0.1, 0.15) is 12.5 Å². The summed E-state index contributed by atoms with van der Waals surface area (Å²) in [6.45, 7) is 1.60. The molecule has 0 radical (unpaired) electrons. The molecule has 1 heterocycles. The molecule has 2 aliphatic rings. The van der Waals surface area contributed by atoms with Gasteiger partial charge in [-0.2, -0.15) is 0 Å². The van der Waals surface area contributed by atoms with Crippen molar-refractivity contribution >= 4 is 5.78 Å². The minimum Gasteiger partial charge on any atom is -0.472 e. The first-order chi connectivity index (χ1) is 6.27. The summed E-state index contributed by atoms with van der Waals surface area (Å²) < 4.78 is 5.06. The van der Waals surface area contributed by atoms with E-state index in [4.69, 9.17) is 4.42 Å². The molecule has 1 aliphatic heterocycles. The molecule has 0 aromatic heterocycles. The number of ketones is 1. The normalized spacial score (nSPS) is 10.5. The Bertz CT molecular complexity index is 401. The van der Waals surface area contributed by atoms with E-state index >= 15 is 0 Å². The van der Waals surface area contributed by atoms with Gasteiger partial charge in [0.2, 0.25) is 0 Å². The fourth-order valence-electron chi connectivity index (χ4n) is 1.49. The van der Waals surface area contributed by atoms with Crippen LogP contribution in [0.4, 0.5) is 0 Å². The highest BCUT2D eigenvalue weighted by Gasteiger charge is 2.10. The summed E-state index contributed by atoms with van der Waals surface area (Å²) in [5.74, 6) is 0.177. The molecule has 0 aromatic rings. The number of rotatable bonds is 2. The van der Waals surface area contributed by atoms with Crippen molar-refractivity contribution in [3.8, 4) is 11.1 Å². The highest BCUT2D eigenvalue weighted by molar-refractivity contribution is 5.82. The monoisotopic (exact) mass is 174 g/mol. The van der Waals surface area contributed by atoms with Crippen LogP contribution in [0, 0.1) is 0 Å². The predicted octanol–water partition coefficient (Wildman–Crippen LogP) is 2.52. The zero-order valence-electron chi connectivity index (χ0n) is 7.41. The number of carbonyl (C=O) groups excluding carboxylic acids is 1. The van der Waals surface area contributed by atoms with Crippen molar-refractivity contribution in [1.29, 1.82) is 0 Å². The van der Waals surface area contributed by atoms with E-state index < -0.39 is 0 Å². The van der Waals surface area contributed by atoms with Gasteiger partial charge in [0.25, 0.3) is 0 Å². The van der Waals surface area contributed by atoms with Gasteiger partial charge < -0.3 is 4.42 Å². The molecule has 66 valence electrons. The molecule has 0 aromatic carbocycles. The second-order valence-corrected chi connectivity index (χ2v) is 3.16. The highest BCUT2D eigenvalue weighted by Crippen LogP contribution is 2.27. The third-order valence-electron chi connectivity index (χ3n) is 2.07. The Morgan fingerprint density at radius 2 is 2.23 bits per heavy atom. The van der Waals surface area contributed by atoms with Crippen LogP contribution in [0.15, 0.2) is 35.1 Å². The lowest BCUT2D eigenvalue weighted by Crippen LogP contribution is -1.95. The number of Topliss-reactive ketones (excluding diaryl/α,β-unsaturated/α-hetero) is 1. The van der Waals surface area contributed by atoms with Gasteiger partial charge >= 0.3 is 0 Å². The number of hydrogen-bond acceptors (Lipinski definition) is 2. The second-order valence-electron chi connectivity index (χ2n) is 3.16. The van der Waals surface area contributed by atoms with Crippen LogP contribution in [-0.2, 0) is 11.2 Å². The maximum absolute atomic E-state index is 10.9. The fourth-order valence-corrected chi connectivity index (χ4v) is 1.49. The van der Waals surface area contributed by atoms with E-state index in [0.29, 0.717) is 6.42 Å². The Morgan fingerprint density at radius 3 is 3.00 bits per heavy atom. The molecule has 0 atom stereocenters. The summed E-state index contributed by atoms with van der Waals surface area (Å²) in [5, 5.41) is 0. The van der Waals surface area contributed by atoms with Gasteiger partial charge in [0, 0.05) is 12.0 Å². The molecule has 0 amide bonds. The average molecular weight is 174 g/mol. The van der Waals surface area contributed by atoms with Crippen LogP contribution in [0.5, 0.6) is 0 Å². The smallest absolute Gasteiger partial charge is 0.134 e. The van der Waals surface area contributed by atoms with Crippen molar-refractivity contribution in [2.75, 3.05) is 0 Å². The van der Waals surface area contributed by atoms with Gasteiger partial charge in [-0.05, 0) is 24.1 Å². The van der Waals surface area contributed by atoms with Gasteiger partial charge in [-0.15, -0.1) is 0 Å². The molecule has 0 saturated heterocycles. The predicted molar refractivity (Wildman–Crippen MR) is 49.7 cm³/mol. The first kappa shape index (κ1) is 8.05. The van der Waals surface area contributed by atoms with Crippen molar-refractivity contribution in [2.24, 2.45) is 0 Å². The van der Waals surface area contributed by atoms with Crippen LogP contribution < -0.4 is 0 Å². The quantitative estimate of drug-likeness (QED) is 0.700. The largest absolute Gasteiger partial charge is 0.472 e. The van der Waals surface area contributed by atoms with Crippen molar-refractivity contribution in [2.45, 2.75) is 13.3 Å². The van der Waals surface area contributed by atoms with Gasteiger partial charge in [-0.1, -0.05) is 12.1 Å². The van der Waals surface area contributed by atoms with Gasteiger partial charge in [0.1, 0.15) is 5.78 Å². The first-order valence-electron chi connectivity index (χ1n) is 4.20. The fraction of sp³-hybridized carbons (Fsp3) is 0.182. The summed E-state index contributed by atoms with van der Waals surface area (Å²) in [7, 11) is 0. The summed E-state index contributed by atoms with van der Waals surface area (Å²) in [5.41, 5.74) is 3.21. The van der Waals surface area contributed by atoms with E-state index in [9.17, 15) is 4.79 Å². The minimum absolute atomic E-state index is 0.177. The van der Waals surface area contributed by atoms with E-state index in [1.165, 1.54) is 0 Å². The second kappa shape index (κ2) is 3.05. The lowest BCUT2D eigenvalue weighted by molar-refractivity contribution is -0.116. The Hall–Kier alpha value is -1.57. The summed E-state index contributed by atoms with van der Waals surface area (Å²) in [6, 6.07) is 5.88. The van der Waals surface area contributed by atoms with E-state index in [1.54, 1.807) is 19.5 Å². The van der Waals surface area contributed by atoms with Crippen LogP contribution >= 0.6 is 0 Å². The molecule has 0 N–H and O–H groups in total. The Balaban J connectivity index is 2.43. The van der Waals surface area contributed by atoms with E-state index in [2.05, 4.69) is 0 Å². The molecule has 0 bridgehead atoms. The molecule has 2 nitrogen and oxygen atoms in total. The van der Waals surface area contributed by atoms with Crippen molar-refractivity contribution in [3.63, 3.8) is 0 Å². The zero-order chi connectivity index (χ0) is 9.26. The van der Waals surface area contributed by atoms with E-state index in [0.717, 1.165) is 16.7 Å². The molecule has 2 heteroatoms. The SMILES string of the molecule is CC(=O)Cc1ccc2ccocc1-2. The van der Waals surface area contributed by atoms with E-state index in [-0.39, 0.29) is 5.78 Å². The molecular formula is C11H10O2. The number of hydrogen-bond donors (Lipinski definition) is 0. The van der Waals surface area contributed by atoms with Crippen LogP contribution in [0.25, 0.3) is 11.1 Å². The third-order valence-corrected chi connectivity index (χ3v) is 2.07. The third kappa shape index (κ3) is 1.47. The standard InChI is InChI=1S/C11H10O2/c1-8(12)6-10-3-2-9-4-5-13-7-11(9)10/h2-5,7H,6H2,1H3. The molecule has 0 spiro atoms. The summed E-state index contributed by atoms with van der Waals surface area (Å²) in [4.78, 5) is 10.9. The van der Waals surface area contributed by atoms with Gasteiger partial charge in [-0.3, -0.25) is 4.79 Å². The lowest BCUT2D eigenvalue weighted by atomic mass is 10.1. The Kier molecular flexibility index (Phi) is 1.89.